The van der Waals surface area contributed by atoms with Gasteiger partial charge in [0.1, 0.15) is 0 Å². The maximum absolute atomic E-state index is 12.9. The Morgan fingerprint density at radius 1 is 1.23 bits per heavy atom. The molecule has 0 bridgehead atoms. The maximum atomic E-state index is 12.9. The van der Waals surface area contributed by atoms with Crippen LogP contribution in [0.15, 0.2) is 35.6 Å². The molecule has 10 heteroatoms. The molecule has 3 aromatic heterocycles. The number of aromatic nitrogens is 4. The standard InChI is InChI=1S/C16H14F2N6.C9H15NO.H2/c1-8-10(6-14(17)18)15-12(21-8)3-2-11(22-15)9-4-5-24-13(9)7-20-16(19)23-24;1-7(11)10-5-8-3-2-4-9(8)6-10;/h2-5,7,10,14H,6H2,1H3,(H2,19,23);8-9H,2-6H2,1H3;1H/t;8-,9+;. The van der Waals surface area contributed by atoms with Crippen LogP contribution in [0.3, 0.4) is 0 Å². The van der Waals surface area contributed by atoms with Crippen molar-refractivity contribution in [3.63, 3.8) is 0 Å². The number of likely N-dealkylation sites (tertiary alicyclic amines) is 1. The fourth-order valence-corrected chi connectivity index (χ4v) is 5.52. The molecule has 2 aliphatic heterocycles. The highest BCUT2D eigenvalue weighted by Gasteiger charge is 2.36. The Kier molecular flexibility index (Phi) is 6.21. The minimum absolute atomic E-state index is 0. The Hall–Kier alpha value is -3.43. The van der Waals surface area contributed by atoms with Crippen molar-refractivity contribution in [1.82, 2.24) is 24.5 Å². The van der Waals surface area contributed by atoms with Gasteiger partial charge in [0.25, 0.3) is 0 Å². The summed E-state index contributed by atoms with van der Waals surface area (Å²) in [4.78, 5) is 26.0. The van der Waals surface area contributed by atoms with Crippen molar-refractivity contribution < 1.29 is 15.0 Å². The number of nitrogens with two attached hydrogens (primary N) is 1. The van der Waals surface area contributed by atoms with E-state index in [1.165, 1.54) is 19.3 Å². The van der Waals surface area contributed by atoms with E-state index >= 15 is 0 Å². The van der Waals surface area contributed by atoms with Crippen molar-refractivity contribution in [2.45, 2.75) is 51.9 Å². The lowest BCUT2D eigenvalue weighted by molar-refractivity contribution is -0.128. The van der Waals surface area contributed by atoms with Gasteiger partial charge in [0.05, 0.1) is 28.8 Å². The monoisotopic (exact) mass is 483 g/mol. The highest BCUT2D eigenvalue weighted by Crippen LogP contribution is 2.39. The summed E-state index contributed by atoms with van der Waals surface area (Å²) >= 11 is 0. The zero-order valence-electron chi connectivity index (χ0n) is 19.9. The molecule has 3 atom stereocenters. The van der Waals surface area contributed by atoms with Crippen molar-refractivity contribution in [2.24, 2.45) is 16.8 Å². The highest BCUT2D eigenvalue weighted by atomic mass is 19.3. The number of nitrogen functional groups attached to an aromatic ring is 1. The van der Waals surface area contributed by atoms with Gasteiger partial charge in [-0.1, -0.05) is 6.42 Å². The number of carbonyl (C=O) groups is 1. The summed E-state index contributed by atoms with van der Waals surface area (Å²) in [5.41, 5.74) is 9.75. The molecule has 186 valence electrons. The van der Waals surface area contributed by atoms with Gasteiger partial charge in [-0.2, -0.15) is 0 Å². The smallest absolute Gasteiger partial charge is 0.239 e. The van der Waals surface area contributed by atoms with Crippen LogP contribution in [0, 0.1) is 11.8 Å². The summed E-state index contributed by atoms with van der Waals surface area (Å²) in [5, 5.41) is 4.09. The van der Waals surface area contributed by atoms with Gasteiger partial charge in [-0.3, -0.25) is 9.79 Å². The van der Waals surface area contributed by atoms with E-state index in [2.05, 4.69) is 20.1 Å². The third-order valence-corrected chi connectivity index (χ3v) is 7.33. The van der Waals surface area contributed by atoms with Crippen molar-refractivity contribution in [1.29, 1.82) is 0 Å². The van der Waals surface area contributed by atoms with Gasteiger partial charge < -0.3 is 10.6 Å². The molecule has 0 aromatic carbocycles. The number of carbonyl (C=O) groups excluding carboxylic acids is 1. The fraction of sp³-hybridized carbons (Fsp3) is 0.480. The van der Waals surface area contributed by atoms with E-state index in [4.69, 9.17) is 5.73 Å². The normalized spacial score (nSPS) is 22.7. The van der Waals surface area contributed by atoms with Crippen LogP contribution in [-0.4, -0.2) is 55.6 Å². The highest BCUT2D eigenvalue weighted by molar-refractivity contribution is 5.96. The second-order valence-corrected chi connectivity index (χ2v) is 9.58. The van der Waals surface area contributed by atoms with Gasteiger partial charge in [-0.05, 0) is 49.8 Å². The minimum atomic E-state index is -2.40. The molecule has 5 heterocycles. The Labute approximate surface area is 203 Å². The quantitative estimate of drug-likeness (QED) is 0.580. The summed E-state index contributed by atoms with van der Waals surface area (Å²) in [5.74, 6) is 1.69. The molecule has 0 spiro atoms. The summed E-state index contributed by atoms with van der Waals surface area (Å²) in [6.07, 6.45) is 4.81. The van der Waals surface area contributed by atoms with Crippen molar-refractivity contribution in [3.05, 3.63) is 36.3 Å². The predicted octanol–water partition coefficient (Wildman–Crippen LogP) is 4.73. The number of pyridine rings is 1. The van der Waals surface area contributed by atoms with Crippen molar-refractivity contribution >= 4 is 28.8 Å². The Morgan fingerprint density at radius 2 is 1.97 bits per heavy atom. The number of halogens is 2. The Morgan fingerprint density at radius 3 is 2.66 bits per heavy atom. The molecule has 1 unspecified atom stereocenters. The minimum Gasteiger partial charge on any atom is -0.367 e. The maximum Gasteiger partial charge on any atom is 0.239 e. The largest absolute Gasteiger partial charge is 0.367 e. The lowest BCUT2D eigenvalue weighted by Crippen LogP contribution is -2.26. The number of alkyl halides is 2. The molecule has 2 N–H and O–H groups in total. The first-order valence-electron chi connectivity index (χ1n) is 12.0. The molecular formula is C25H31F2N7O. The van der Waals surface area contributed by atoms with Crippen LogP contribution in [0.2, 0.25) is 0 Å². The molecule has 1 aliphatic carbocycles. The first kappa shape index (κ1) is 23.3. The van der Waals surface area contributed by atoms with E-state index in [1.54, 1.807) is 30.8 Å². The Balaban J connectivity index is 0.000000213. The van der Waals surface area contributed by atoms with Crippen LogP contribution in [0.25, 0.3) is 16.8 Å². The number of aliphatic imine (C=N–C) groups is 1. The number of anilines is 1. The number of hydrogen-bond donors (Lipinski definition) is 1. The molecule has 8 nitrogen and oxygen atoms in total. The van der Waals surface area contributed by atoms with Gasteiger partial charge in [0.2, 0.25) is 18.3 Å². The van der Waals surface area contributed by atoms with E-state index < -0.39 is 12.3 Å². The molecule has 3 aromatic rings. The molecule has 1 saturated heterocycles. The molecule has 1 amide bonds. The molecule has 2 fully saturated rings. The van der Waals surface area contributed by atoms with Gasteiger partial charge in [-0.15, -0.1) is 5.10 Å². The topological polar surface area (TPSA) is 102 Å². The number of hydrogen-bond acceptors (Lipinski definition) is 6. The second kappa shape index (κ2) is 9.31. The zero-order valence-corrected chi connectivity index (χ0v) is 19.9. The summed E-state index contributed by atoms with van der Waals surface area (Å²) in [6.45, 7) is 5.53. The molecule has 6 rings (SSSR count). The van der Waals surface area contributed by atoms with E-state index in [1.807, 2.05) is 23.1 Å². The van der Waals surface area contributed by atoms with E-state index in [0.29, 0.717) is 22.8 Å². The average Bonchev–Trinajstić information content (AvgIpc) is 3.56. The van der Waals surface area contributed by atoms with Gasteiger partial charge in [0.15, 0.2) is 0 Å². The van der Waals surface area contributed by atoms with Crippen molar-refractivity contribution in [3.8, 4) is 11.3 Å². The number of nitrogens with zero attached hydrogens (tertiary/aromatic N) is 6. The van der Waals surface area contributed by atoms with Crippen LogP contribution < -0.4 is 5.73 Å². The number of amides is 1. The predicted molar refractivity (Wildman–Crippen MR) is 132 cm³/mol. The van der Waals surface area contributed by atoms with Crippen LogP contribution >= 0.6 is 0 Å². The van der Waals surface area contributed by atoms with Crippen LogP contribution in [0.4, 0.5) is 20.4 Å². The fourth-order valence-electron chi connectivity index (χ4n) is 5.52. The molecule has 3 aliphatic rings. The lowest BCUT2D eigenvalue weighted by atomic mass is 9.97. The summed E-state index contributed by atoms with van der Waals surface area (Å²) in [7, 11) is 0. The van der Waals surface area contributed by atoms with E-state index in [0.717, 1.165) is 36.0 Å². The average molecular weight is 484 g/mol. The van der Waals surface area contributed by atoms with Crippen LogP contribution in [0.5, 0.6) is 0 Å². The summed E-state index contributed by atoms with van der Waals surface area (Å²) in [6, 6.07) is 5.49. The third kappa shape index (κ3) is 4.61. The van der Waals surface area contributed by atoms with Crippen LogP contribution in [0.1, 0.15) is 52.6 Å². The Bertz CT molecular complexity index is 1280. The molecular weight excluding hydrogens is 452 g/mol. The second-order valence-electron chi connectivity index (χ2n) is 9.58. The molecule has 1 saturated carbocycles. The third-order valence-electron chi connectivity index (χ3n) is 7.33. The molecule has 0 radical (unpaired) electrons. The van der Waals surface area contributed by atoms with E-state index in [9.17, 15) is 13.6 Å². The first-order chi connectivity index (χ1) is 16.8. The van der Waals surface area contributed by atoms with Gasteiger partial charge >= 0.3 is 0 Å². The zero-order chi connectivity index (χ0) is 24.7. The number of rotatable bonds is 3. The van der Waals surface area contributed by atoms with Crippen molar-refractivity contribution in [2.75, 3.05) is 18.8 Å². The lowest BCUT2D eigenvalue weighted by Gasteiger charge is -2.13. The summed E-state index contributed by atoms with van der Waals surface area (Å²) < 4.78 is 27.3. The van der Waals surface area contributed by atoms with Gasteiger partial charge in [-0.25, -0.2) is 23.3 Å². The number of fused-ring (bicyclic) bond motifs is 3. The van der Waals surface area contributed by atoms with Gasteiger partial charge in [0, 0.05) is 51.3 Å². The first-order valence-corrected chi connectivity index (χ1v) is 12.0. The SMILES string of the molecule is CC(=O)N1C[C@H]2CCC[C@H]2C1.CC1=Nc2ccc(-c3ccn4nc(N)ncc34)nc2C1CC(F)F.[HH]. The van der Waals surface area contributed by atoms with E-state index in [-0.39, 0.29) is 19.7 Å². The molecule has 35 heavy (non-hydrogen) atoms. The van der Waals surface area contributed by atoms with Crippen LogP contribution in [-0.2, 0) is 4.79 Å².